The first-order chi connectivity index (χ1) is 13.7. The van der Waals surface area contributed by atoms with E-state index in [1.807, 2.05) is 6.07 Å². The number of para-hydroxylation sites is 1. The zero-order valence-electron chi connectivity index (χ0n) is 15.6. The number of methoxy groups -OCH3 is 1. The summed E-state index contributed by atoms with van der Waals surface area (Å²) < 4.78 is 4.67. The zero-order chi connectivity index (χ0) is 19.5. The Morgan fingerprint density at radius 3 is 2.61 bits per heavy atom. The van der Waals surface area contributed by atoms with E-state index in [1.165, 1.54) is 37.1 Å². The van der Waals surface area contributed by atoms with Gasteiger partial charge in [0.1, 0.15) is 5.56 Å². The molecule has 1 aromatic heterocycles. The summed E-state index contributed by atoms with van der Waals surface area (Å²) in [5, 5.41) is 21.8. The van der Waals surface area contributed by atoms with E-state index in [0.29, 0.717) is 11.5 Å². The first-order valence-electron chi connectivity index (χ1n) is 9.29. The second-order valence-corrected chi connectivity index (χ2v) is 6.81. The minimum Gasteiger partial charge on any atom is -0.505 e. The van der Waals surface area contributed by atoms with Gasteiger partial charge in [0.25, 0.3) is 0 Å². The maximum atomic E-state index is 11.7. The van der Waals surface area contributed by atoms with Crippen LogP contribution in [-0.2, 0) is 17.6 Å². The second kappa shape index (κ2) is 7.68. The smallest absolute Gasteiger partial charge is 0.341 e. The van der Waals surface area contributed by atoms with Crippen LogP contribution >= 0.6 is 0 Å². The molecule has 0 radical (unpaired) electrons. The Balaban J connectivity index is 1.55. The molecule has 0 saturated heterocycles. The molecule has 0 saturated carbocycles. The molecule has 0 fully saturated rings. The van der Waals surface area contributed by atoms with Crippen molar-refractivity contribution in [3.63, 3.8) is 0 Å². The van der Waals surface area contributed by atoms with Gasteiger partial charge in [-0.1, -0.05) is 18.2 Å². The highest BCUT2D eigenvalue weighted by molar-refractivity contribution is 5.94. The number of nitrogens with zero attached hydrogens (tertiary/aromatic N) is 2. The van der Waals surface area contributed by atoms with E-state index in [0.717, 1.165) is 24.1 Å². The molecular weight excluding hydrogens is 354 g/mol. The summed E-state index contributed by atoms with van der Waals surface area (Å²) in [4.78, 5) is 11.7. The van der Waals surface area contributed by atoms with Gasteiger partial charge in [0.05, 0.1) is 18.5 Å². The van der Waals surface area contributed by atoms with Gasteiger partial charge in [-0.25, -0.2) is 4.79 Å². The third-order valence-corrected chi connectivity index (χ3v) is 5.01. The number of nitrogens with one attached hydrogen (secondary N) is 1. The maximum absolute atomic E-state index is 11.7. The number of carbonyl (C=O) groups is 1. The SMILES string of the molecule is COC(=O)c1cccc(Nc2ccc(-c3ccc4c(c3)CCCC4)nn2)c1O. The number of aromatic hydroxyl groups is 1. The monoisotopic (exact) mass is 375 g/mol. The molecule has 2 aromatic carbocycles. The van der Waals surface area contributed by atoms with Crippen LogP contribution in [0.25, 0.3) is 11.3 Å². The number of phenolic OH excluding ortho intramolecular Hbond substituents is 1. The molecule has 1 aliphatic carbocycles. The molecule has 6 nitrogen and oxygen atoms in total. The Bertz CT molecular complexity index is 1020. The lowest BCUT2D eigenvalue weighted by Gasteiger charge is -2.16. The summed E-state index contributed by atoms with van der Waals surface area (Å²) in [6, 6.07) is 15.0. The molecule has 0 atom stereocenters. The topological polar surface area (TPSA) is 84.3 Å². The van der Waals surface area contributed by atoms with Crippen molar-refractivity contribution in [2.75, 3.05) is 12.4 Å². The molecule has 4 rings (SSSR count). The van der Waals surface area contributed by atoms with E-state index >= 15 is 0 Å². The summed E-state index contributed by atoms with van der Waals surface area (Å²) in [5.74, 6) is -0.316. The summed E-state index contributed by atoms with van der Waals surface area (Å²) in [7, 11) is 1.27. The summed E-state index contributed by atoms with van der Waals surface area (Å²) in [5.41, 5.74) is 5.13. The molecule has 2 N–H and O–H groups in total. The number of anilines is 2. The standard InChI is InChI=1S/C22H21N3O3/c1-28-22(27)17-7-4-8-19(21(17)26)23-20-12-11-18(24-25-20)16-10-9-14-5-2-3-6-15(14)13-16/h4,7-13,26H,2-3,5-6H2,1H3,(H,23,25). The molecule has 28 heavy (non-hydrogen) atoms. The number of benzene rings is 2. The normalized spacial score (nSPS) is 12.9. The van der Waals surface area contributed by atoms with Gasteiger partial charge < -0.3 is 15.2 Å². The predicted octanol–water partition coefficient (Wildman–Crippen LogP) is 4.26. The third-order valence-electron chi connectivity index (χ3n) is 5.01. The number of esters is 1. The lowest BCUT2D eigenvalue weighted by molar-refractivity contribution is 0.0597. The number of rotatable bonds is 4. The highest BCUT2D eigenvalue weighted by Crippen LogP contribution is 2.31. The van der Waals surface area contributed by atoms with Crippen LogP contribution in [0.2, 0.25) is 0 Å². The van der Waals surface area contributed by atoms with Gasteiger partial charge in [0.2, 0.25) is 0 Å². The highest BCUT2D eigenvalue weighted by atomic mass is 16.5. The van der Waals surface area contributed by atoms with E-state index in [2.05, 4.69) is 38.5 Å². The minimum atomic E-state index is -0.602. The predicted molar refractivity (Wildman–Crippen MR) is 107 cm³/mol. The molecule has 3 aromatic rings. The molecule has 6 heteroatoms. The second-order valence-electron chi connectivity index (χ2n) is 6.81. The Hall–Kier alpha value is -3.41. The molecule has 1 heterocycles. The first-order valence-corrected chi connectivity index (χ1v) is 9.29. The molecule has 0 aliphatic heterocycles. The fraction of sp³-hybridized carbons (Fsp3) is 0.227. The lowest BCUT2D eigenvalue weighted by atomic mass is 9.90. The van der Waals surface area contributed by atoms with Crippen LogP contribution in [0, 0.1) is 0 Å². The Morgan fingerprint density at radius 1 is 1.04 bits per heavy atom. The third kappa shape index (κ3) is 3.53. The molecule has 0 unspecified atom stereocenters. The van der Waals surface area contributed by atoms with Crippen LogP contribution < -0.4 is 5.32 Å². The van der Waals surface area contributed by atoms with Crippen molar-refractivity contribution in [2.24, 2.45) is 0 Å². The fourth-order valence-electron chi connectivity index (χ4n) is 3.50. The summed E-state index contributed by atoms with van der Waals surface area (Å²) >= 11 is 0. The first kappa shape index (κ1) is 18.0. The van der Waals surface area contributed by atoms with E-state index in [1.54, 1.807) is 18.2 Å². The van der Waals surface area contributed by atoms with Crippen molar-refractivity contribution in [2.45, 2.75) is 25.7 Å². The quantitative estimate of drug-likeness (QED) is 0.524. The van der Waals surface area contributed by atoms with Gasteiger partial charge in [-0.3, -0.25) is 0 Å². The van der Waals surface area contributed by atoms with Crippen molar-refractivity contribution in [3.8, 4) is 17.0 Å². The van der Waals surface area contributed by atoms with Crippen LogP contribution in [0.3, 0.4) is 0 Å². The van der Waals surface area contributed by atoms with Crippen molar-refractivity contribution < 1.29 is 14.6 Å². The molecule has 0 spiro atoms. The number of aromatic nitrogens is 2. The van der Waals surface area contributed by atoms with E-state index in [-0.39, 0.29) is 11.3 Å². The van der Waals surface area contributed by atoms with Gasteiger partial charge >= 0.3 is 5.97 Å². The van der Waals surface area contributed by atoms with Gasteiger partial charge in [-0.05, 0) is 67.1 Å². The number of aryl methyl sites for hydroxylation is 2. The van der Waals surface area contributed by atoms with Crippen molar-refractivity contribution in [1.82, 2.24) is 10.2 Å². The Morgan fingerprint density at radius 2 is 1.86 bits per heavy atom. The van der Waals surface area contributed by atoms with E-state index < -0.39 is 5.97 Å². The number of ether oxygens (including phenoxy) is 1. The molecule has 142 valence electrons. The number of fused-ring (bicyclic) bond motifs is 1. The van der Waals surface area contributed by atoms with Crippen molar-refractivity contribution in [1.29, 1.82) is 0 Å². The van der Waals surface area contributed by atoms with Crippen LogP contribution in [-0.4, -0.2) is 28.4 Å². The molecule has 1 aliphatic rings. The zero-order valence-corrected chi connectivity index (χ0v) is 15.6. The number of carbonyl (C=O) groups excluding carboxylic acids is 1. The van der Waals surface area contributed by atoms with Gasteiger partial charge in [0, 0.05) is 5.56 Å². The van der Waals surface area contributed by atoms with Crippen molar-refractivity contribution >= 4 is 17.5 Å². The molecule has 0 amide bonds. The van der Waals surface area contributed by atoms with Crippen LogP contribution in [0.1, 0.15) is 34.3 Å². The minimum absolute atomic E-state index is 0.0890. The van der Waals surface area contributed by atoms with Crippen molar-refractivity contribution in [3.05, 3.63) is 65.2 Å². The average Bonchev–Trinajstić information content (AvgIpc) is 2.75. The van der Waals surface area contributed by atoms with Gasteiger partial charge in [0.15, 0.2) is 11.6 Å². The van der Waals surface area contributed by atoms with Gasteiger partial charge in [-0.2, -0.15) is 0 Å². The Kier molecular flexibility index (Phi) is 4.93. The lowest BCUT2D eigenvalue weighted by Crippen LogP contribution is -2.04. The van der Waals surface area contributed by atoms with Crippen LogP contribution in [0.15, 0.2) is 48.5 Å². The number of hydrogen-bond donors (Lipinski definition) is 2. The summed E-state index contributed by atoms with van der Waals surface area (Å²) in [6.07, 6.45) is 4.76. The van der Waals surface area contributed by atoms with Crippen LogP contribution in [0.5, 0.6) is 5.75 Å². The Labute approximate surface area is 163 Å². The molecular formula is C22H21N3O3. The highest BCUT2D eigenvalue weighted by Gasteiger charge is 2.15. The fourth-order valence-corrected chi connectivity index (χ4v) is 3.50. The van der Waals surface area contributed by atoms with Gasteiger partial charge in [-0.15, -0.1) is 10.2 Å². The largest absolute Gasteiger partial charge is 0.505 e. The number of phenols is 1. The average molecular weight is 375 g/mol. The molecule has 0 bridgehead atoms. The maximum Gasteiger partial charge on any atom is 0.341 e. The van der Waals surface area contributed by atoms with E-state index in [4.69, 9.17) is 0 Å². The number of hydrogen-bond acceptors (Lipinski definition) is 6. The van der Waals surface area contributed by atoms with E-state index in [9.17, 15) is 9.90 Å². The summed E-state index contributed by atoms with van der Waals surface area (Å²) in [6.45, 7) is 0. The van der Waals surface area contributed by atoms with Crippen LogP contribution in [0.4, 0.5) is 11.5 Å².